The molecule has 0 radical (unpaired) electrons. The van der Waals surface area contributed by atoms with Crippen LogP contribution >= 0.6 is 0 Å². The number of anilines is 1. The molecule has 2 aliphatic heterocycles. The van der Waals surface area contributed by atoms with Gasteiger partial charge in [-0.25, -0.2) is 8.42 Å². The van der Waals surface area contributed by atoms with Crippen molar-refractivity contribution in [1.29, 1.82) is 0 Å². The van der Waals surface area contributed by atoms with Crippen LogP contribution < -0.4 is 4.72 Å². The number of rotatable bonds is 7. The molecule has 0 aromatic carbocycles. The third-order valence-corrected chi connectivity index (χ3v) is 5.81. The molecule has 1 aromatic rings. The summed E-state index contributed by atoms with van der Waals surface area (Å²) in [5.74, 6) is -0.949. The first-order chi connectivity index (χ1) is 12.4. The Morgan fingerprint density at radius 2 is 1.96 bits per heavy atom. The normalized spacial score (nSPS) is 21.8. The maximum Gasteiger partial charge on any atom is 0.234 e. The molecule has 2 fully saturated rings. The summed E-state index contributed by atoms with van der Waals surface area (Å²) in [7, 11) is -3.68. The molecule has 0 unspecified atom stereocenters. The van der Waals surface area contributed by atoms with Crippen LogP contribution in [0.4, 0.5) is 5.69 Å². The average Bonchev–Trinajstić information content (AvgIpc) is 3.01. The lowest BCUT2D eigenvalue weighted by atomic mass is 10.1. The van der Waals surface area contributed by atoms with Crippen molar-refractivity contribution in [2.24, 2.45) is 0 Å². The highest BCUT2D eigenvalue weighted by atomic mass is 32.2. The number of hydrogen-bond donors (Lipinski definition) is 1. The second kappa shape index (κ2) is 8.17. The maximum atomic E-state index is 12.2. The molecule has 2 amide bonds. The van der Waals surface area contributed by atoms with Crippen LogP contribution in [-0.2, 0) is 30.9 Å². The standard InChI is InChI=1S/C16H24N4O5S/c21-15-5-3-6-16(22)20(15)7-9-26(23,24)18-13-10-17-19(11-13)12-14-4-1-2-8-25-14/h10-11,14,18H,1-9,12H2/t14-/m1/s1. The Labute approximate surface area is 152 Å². The molecule has 10 heteroatoms. The summed E-state index contributed by atoms with van der Waals surface area (Å²) in [6, 6.07) is 0. The van der Waals surface area contributed by atoms with E-state index in [9.17, 15) is 18.0 Å². The number of amides is 2. The fourth-order valence-corrected chi connectivity index (χ4v) is 4.16. The van der Waals surface area contributed by atoms with Crippen LogP contribution in [0.5, 0.6) is 0 Å². The van der Waals surface area contributed by atoms with Crippen molar-refractivity contribution < 1.29 is 22.7 Å². The van der Waals surface area contributed by atoms with Gasteiger partial charge in [-0.05, 0) is 25.7 Å². The highest BCUT2D eigenvalue weighted by Crippen LogP contribution is 2.16. The van der Waals surface area contributed by atoms with Crippen LogP contribution in [0.2, 0.25) is 0 Å². The largest absolute Gasteiger partial charge is 0.376 e. The Bertz CT molecular complexity index is 738. The van der Waals surface area contributed by atoms with E-state index >= 15 is 0 Å². The predicted molar refractivity (Wildman–Crippen MR) is 93.8 cm³/mol. The molecule has 0 spiro atoms. The number of hydrogen-bond acceptors (Lipinski definition) is 6. The minimum Gasteiger partial charge on any atom is -0.376 e. The molecule has 2 saturated heterocycles. The topological polar surface area (TPSA) is 111 Å². The van der Waals surface area contributed by atoms with Gasteiger partial charge < -0.3 is 4.74 Å². The quantitative estimate of drug-likeness (QED) is 0.694. The lowest BCUT2D eigenvalue weighted by Gasteiger charge is -2.24. The van der Waals surface area contributed by atoms with E-state index in [1.807, 2.05) is 0 Å². The van der Waals surface area contributed by atoms with Gasteiger partial charge in [0, 0.05) is 32.2 Å². The molecule has 3 heterocycles. The van der Waals surface area contributed by atoms with Crippen molar-refractivity contribution in [1.82, 2.24) is 14.7 Å². The minimum absolute atomic E-state index is 0.101. The van der Waals surface area contributed by atoms with E-state index < -0.39 is 10.0 Å². The van der Waals surface area contributed by atoms with Gasteiger partial charge >= 0.3 is 0 Å². The van der Waals surface area contributed by atoms with Gasteiger partial charge in [0.15, 0.2) is 0 Å². The predicted octanol–water partition coefficient (Wildman–Crippen LogP) is 0.733. The van der Waals surface area contributed by atoms with Crippen LogP contribution in [0, 0.1) is 0 Å². The molecule has 9 nitrogen and oxygen atoms in total. The lowest BCUT2D eigenvalue weighted by Crippen LogP contribution is -2.43. The monoisotopic (exact) mass is 384 g/mol. The summed E-state index contributed by atoms with van der Waals surface area (Å²) in [6.45, 7) is 1.20. The molecular formula is C16H24N4O5S. The average molecular weight is 384 g/mol. The molecule has 0 bridgehead atoms. The molecule has 26 heavy (non-hydrogen) atoms. The van der Waals surface area contributed by atoms with E-state index in [0.717, 1.165) is 30.8 Å². The van der Waals surface area contributed by atoms with Crippen LogP contribution in [0.1, 0.15) is 38.5 Å². The molecule has 0 saturated carbocycles. The number of nitrogens with zero attached hydrogens (tertiary/aromatic N) is 3. The molecule has 0 aliphatic carbocycles. The Morgan fingerprint density at radius 1 is 1.19 bits per heavy atom. The summed E-state index contributed by atoms with van der Waals surface area (Å²) in [4.78, 5) is 24.5. The second-order valence-corrected chi connectivity index (χ2v) is 8.50. The van der Waals surface area contributed by atoms with Crippen LogP contribution in [0.25, 0.3) is 0 Å². The Hall–Kier alpha value is -1.94. The number of aromatic nitrogens is 2. The van der Waals surface area contributed by atoms with E-state index in [2.05, 4.69) is 9.82 Å². The van der Waals surface area contributed by atoms with E-state index in [-0.39, 0.29) is 43.1 Å². The van der Waals surface area contributed by atoms with Gasteiger partial charge in [-0.15, -0.1) is 0 Å². The van der Waals surface area contributed by atoms with Gasteiger partial charge in [0.05, 0.1) is 30.3 Å². The van der Waals surface area contributed by atoms with Gasteiger partial charge in [-0.3, -0.25) is 23.9 Å². The number of imide groups is 1. The zero-order valence-corrected chi connectivity index (χ0v) is 15.4. The first-order valence-corrected chi connectivity index (χ1v) is 10.6. The SMILES string of the molecule is O=C1CCCC(=O)N1CCS(=O)(=O)Nc1cnn(C[C@H]2CCCCO2)c1. The van der Waals surface area contributed by atoms with Gasteiger partial charge in [0.25, 0.3) is 0 Å². The van der Waals surface area contributed by atoms with Crippen molar-refractivity contribution in [3.63, 3.8) is 0 Å². The summed E-state index contributed by atoms with van der Waals surface area (Å²) in [6.07, 6.45) is 7.43. The number of ether oxygens (including phenoxy) is 1. The molecule has 1 atom stereocenters. The van der Waals surface area contributed by atoms with Crippen LogP contribution in [0.15, 0.2) is 12.4 Å². The zero-order chi connectivity index (χ0) is 18.6. The van der Waals surface area contributed by atoms with Crippen LogP contribution in [-0.4, -0.2) is 59.9 Å². The van der Waals surface area contributed by atoms with Crippen molar-refractivity contribution in [3.05, 3.63) is 12.4 Å². The van der Waals surface area contributed by atoms with Gasteiger partial charge in [0.1, 0.15) is 0 Å². The third kappa shape index (κ3) is 5.04. The van der Waals surface area contributed by atoms with Crippen molar-refractivity contribution in [3.8, 4) is 0 Å². The molecule has 1 aromatic heterocycles. The van der Waals surface area contributed by atoms with Gasteiger partial charge in [0.2, 0.25) is 21.8 Å². The Morgan fingerprint density at radius 3 is 2.65 bits per heavy atom. The molecule has 1 N–H and O–H groups in total. The van der Waals surface area contributed by atoms with Crippen molar-refractivity contribution >= 4 is 27.5 Å². The number of likely N-dealkylation sites (tertiary alicyclic amines) is 1. The smallest absolute Gasteiger partial charge is 0.234 e. The van der Waals surface area contributed by atoms with Gasteiger partial charge in [-0.1, -0.05) is 0 Å². The highest BCUT2D eigenvalue weighted by Gasteiger charge is 2.27. The summed E-state index contributed by atoms with van der Waals surface area (Å²) < 4.78 is 34.2. The van der Waals surface area contributed by atoms with E-state index in [0.29, 0.717) is 18.7 Å². The van der Waals surface area contributed by atoms with Gasteiger partial charge in [-0.2, -0.15) is 5.10 Å². The fraction of sp³-hybridized carbons (Fsp3) is 0.688. The number of carbonyl (C=O) groups is 2. The lowest BCUT2D eigenvalue weighted by molar-refractivity contribution is -0.147. The second-order valence-electron chi connectivity index (χ2n) is 6.65. The first kappa shape index (κ1) is 18.8. The Balaban J connectivity index is 1.52. The van der Waals surface area contributed by atoms with Crippen LogP contribution in [0.3, 0.4) is 0 Å². The number of carbonyl (C=O) groups excluding carboxylic acids is 2. The van der Waals surface area contributed by atoms with Crippen molar-refractivity contribution in [2.75, 3.05) is 23.6 Å². The van der Waals surface area contributed by atoms with E-state index in [1.54, 1.807) is 10.9 Å². The van der Waals surface area contributed by atoms with E-state index in [1.165, 1.54) is 6.20 Å². The maximum absolute atomic E-state index is 12.2. The fourth-order valence-electron chi connectivity index (χ4n) is 3.17. The summed E-state index contributed by atoms with van der Waals surface area (Å²) in [5.41, 5.74) is 0.358. The highest BCUT2D eigenvalue weighted by molar-refractivity contribution is 7.92. The summed E-state index contributed by atoms with van der Waals surface area (Å²) >= 11 is 0. The number of sulfonamides is 1. The van der Waals surface area contributed by atoms with E-state index in [4.69, 9.17) is 4.74 Å². The molecule has 144 valence electrons. The minimum atomic E-state index is -3.68. The molecule has 2 aliphatic rings. The molecular weight excluding hydrogens is 360 g/mol. The zero-order valence-electron chi connectivity index (χ0n) is 14.6. The first-order valence-electron chi connectivity index (χ1n) is 8.91. The Kier molecular flexibility index (Phi) is 5.92. The van der Waals surface area contributed by atoms with Crippen molar-refractivity contribution in [2.45, 2.75) is 51.2 Å². The third-order valence-electron chi connectivity index (χ3n) is 4.54. The number of nitrogens with one attached hydrogen (secondary N) is 1. The molecule has 3 rings (SSSR count). The number of piperidine rings is 1. The summed E-state index contributed by atoms with van der Waals surface area (Å²) in [5, 5.41) is 4.16.